The standard InChI is InChI=1S/C36H46N6O4/c1-25(2)30-24-46-31-15-9-8-14-29(31)34(44)37-19-11-10-16-36(35(45)38-30)17-20-41(21-18-36)23-32(43)39-33-26(3)40-42(27(33)4)22-28-12-6-5-7-13-28/h5-15,25,30H,16-24H2,1-4H3,(H,37,44)(H,38,45)(H,39,43)/b11-10+/t30-/m0/s1. The molecule has 2 aliphatic heterocycles. The van der Waals surface area contributed by atoms with Gasteiger partial charge in [-0.15, -0.1) is 0 Å². The van der Waals surface area contributed by atoms with E-state index < -0.39 is 5.41 Å². The molecule has 0 unspecified atom stereocenters. The molecule has 3 N–H and O–H groups in total. The van der Waals surface area contributed by atoms with E-state index in [1.54, 1.807) is 12.1 Å². The summed E-state index contributed by atoms with van der Waals surface area (Å²) in [7, 11) is 0. The second-order valence-corrected chi connectivity index (χ2v) is 12.8. The molecule has 5 rings (SSSR count). The Morgan fingerprint density at radius 1 is 1.04 bits per heavy atom. The Morgan fingerprint density at radius 2 is 1.76 bits per heavy atom. The molecule has 3 heterocycles. The number of ether oxygens (including phenoxy) is 1. The lowest BCUT2D eigenvalue weighted by Crippen LogP contribution is -2.54. The summed E-state index contributed by atoms with van der Waals surface area (Å²) in [5, 5.41) is 14.0. The van der Waals surface area contributed by atoms with Crippen LogP contribution >= 0.6 is 0 Å². The van der Waals surface area contributed by atoms with Crippen LogP contribution < -0.4 is 20.7 Å². The fraction of sp³-hybridized carbons (Fsp3) is 0.444. The average Bonchev–Trinajstić information content (AvgIpc) is 3.30. The molecule has 1 spiro atoms. The fourth-order valence-electron chi connectivity index (χ4n) is 6.15. The minimum absolute atomic E-state index is 0.00927. The van der Waals surface area contributed by atoms with Crippen molar-refractivity contribution in [3.8, 4) is 5.75 Å². The van der Waals surface area contributed by atoms with Gasteiger partial charge in [-0.3, -0.25) is 24.0 Å². The average molecular weight is 627 g/mol. The lowest BCUT2D eigenvalue weighted by atomic mass is 9.74. The van der Waals surface area contributed by atoms with Gasteiger partial charge in [0.15, 0.2) is 0 Å². The van der Waals surface area contributed by atoms with E-state index in [9.17, 15) is 14.4 Å². The van der Waals surface area contributed by atoms with E-state index in [-0.39, 0.29) is 42.8 Å². The highest BCUT2D eigenvalue weighted by atomic mass is 16.5. The number of nitrogens with zero attached hydrogens (tertiary/aromatic N) is 3. The summed E-state index contributed by atoms with van der Waals surface area (Å²) in [6.45, 7) is 10.7. The molecule has 2 aliphatic rings. The fourth-order valence-corrected chi connectivity index (χ4v) is 6.15. The molecule has 1 fully saturated rings. The number of hydrogen-bond acceptors (Lipinski definition) is 6. The summed E-state index contributed by atoms with van der Waals surface area (Å²) < 4.78 is 8.03. The number of aryl methyl sites for hydroxylation is 1. The Balaban J connectivity index is 1.23. The third-order valence-corrected chi connectivity index (χ3v) is 9.21. The zero-order valence-electron chi connectivity index (χ0n) is 27.3. The molecule has 10 nitrogen and oxygen atoms in total. The van der Waals surface area contributed by atoms with Crippen LogP contribution in [0.4, 0.5) is 5.69 Å². The number of nitrogens with one attached hydrogen (secondary N) is 3. The SMILES string of the molecule is Cc1nn(Cc2ccccc2)c(C)c1NC(=O)CN1CCC2(C/C=C/CNC(=O)c3ccccc3OC[C@@H](C(C)C)NC2=O)CC1. The van der Waals surface area contributed by atoms with Crippen LogP contribution in [0.3, 0.4) is 0 Å². The highest BCUT2D eigenvalue weighted by Gasteiger charge is 2.41. The number of carbonyl (C=O) groups excluding carboxylic acids is 3. The van der Waals surface area contributed by atoms with Crippen molar-refractivity contribution in [1.29, 1.82) is 0 Å². The number of anilines is 1. The van der Waals surface area contributed by atoms with Crippen LogP contribution in [-0.4, -0.2) is 71.2 Å². The van der Waals surface area contributed by atoms with Crippen LogP contribution in [0.25, 0.3) is 0 Å². The van der Waals surface area contributed by atoms with Gasteiger partial charge in [0.25, 0.3) is 5.91 Å². The van der Waals surface area contributed by atoms with E-state index >= 15 is 0 Å². The molecular formula is C36H46N6O4. The van der Waals surface area contributed by atoms with E-state index in [1.165, 1.54) is 0 Å². The number of benzene rings is 2. The Morgan fingerprint density at radius 3 is 2.50 bits per heavy atom. The highest BCUT2D eigenvalue weighted by Crippen LogP contribution is 2.36. The van der Waals surface area contributed by atoms with Crippen LogP contribution in [0.15, 0.2) is 66.7 Å². The topological polar surface area (TPSA) is 118 Å². The zero-order valence-corrected chi connectivity index (χ0v) is 27.3. The maximum absolute atomic E-state index is 14.0. The molecule has 3 amide bonds. The summed E-state index contributed by atoms with van der Waals surface area (Å²) in [5.74, 6) is 0.340. The largest absolute Gasteiger partial charge is 0.491 e. The minimum atomic E-state index is -0.617. The Kier molecular flexibility index (Phi) is 10.6. The van der Waals surface area contributed by atoms with Crippen LogP contribution in [0, 0.1) is 25.2 Å². The normalized spacial score (nSPS) is 19.8. The first-order valence-corrected chi connectivity index (χ1v) is 16.2. The number of likely N-dealkylation sites (tertiary alicyclic amines) is 1. The first kappa shape index (κ1) is 32.9. The second kappa shape index (κ2) is 14.8. The van der Waals surface area contributed by atoms with Gasteiger partial charge in [0.2, 0.25) is 11.8 Å². The summed E-state index contributed by atoms with van der Waals surface area (Å²) >= 11 is 0. The third-order valence-electron chi connectivity index (χ3n) is 9.21. The van der Waals surface area contributed by atoms with Crippen molar-refractivity contribution >= 4 is 23.4 Å². The van der Waals surface area contributed by atoms with E-state index in [1.807, 2.05) is 61.0 Å². The van der Waals surface area contributed by atoms with Crippen molar-refractivity contribution in [2.45, 2.75) is 59.5 Å². The molecular weight excluding hydrogens is 580 g/mol. The van der Waals surface area contributed by atoms with Crippen molar-refractivity contribution in [3.05, 3.63) is 89.3 Å². The number of aromatic nitrogens is 2. The number of carbonyl (C=O) groups is 3. The molecule has 46 heavy (non-hydrogen) atoms. The number of piperidine rings is 1. The van der Waals surface area contributed by atoms with Crippen molar-refractivity contribution in [3.63, 3.8) is 0 Å². The maximum Gasteiger partial charge on any atom is 0.255 e. The molecule has 1 saturated heterocycles. The van der Waals surface area contributed by atoms with Crippen molar-refractivity contribution in [2.24, 2.45) is 11.3 Å². The monoisotopic (exact) mass is 626 g/mol. The quantitative estimate of drug-likeness (QED) is 0.348. The van der Waals surface area contributed by atoms with Gasteiger partial charge >= 0.3 is 0 Å². The number of hydrogen-bond donors (Lipinski definition) is 3. The van der Waals surface area contributed by atoms with Crippen LogP contribution in [0.2, 0.25) is 0 Å². The lowest BCUT2D eigenvalue weighted by Gasteiger charge is -2.41. The third kappa shape index (κ3) is 7.85. The van der Waals surface area contributed by atoms with Crippen molar-refractivity contribution in [2.75, 3.05) is 38.1 Å². The molecule has 2 aromatic carbocycles. The minimum Gasteiger partial charge on any atom is -0.491 e. The van der Waals surface area contributed by atoms with E-state index in [0.29, 0.717) is 56.8 Å². The van der Waals surface area contributed by atoms with Gasteiger partial charge in [0, 0.05) is 6.54 Å². The van der Waals surface area contributed by atoms with Crippen molar-refractivity contribution < 1.29 is 19.1 Å². The molecule has 0 radical (unpaired) electrons. The Labute approximate surface area is 271 Å². The van der Waals surface area contributed by atoms with Gasteiger partial charge in [-0.05, 0) is 69.8 Å². The summed E-state index contributed by atoms with van der Waals surface area (Å²) in [6.07, 6.45) is 5.69. The second-order valence-electron chi connectivity index (χ2n) is 12.8. The predicted octanol–water partition coefficient (Wildman–Crippen LogP) is 4.48. The van der Waals surface area contributed by atoms with Gasteiger partial charge in [-0.1, -0.05) is 68.5 Å². The van der Waals surface area contributed by atoms with Crippen LogP contribution in [-0.2, 0) is 16.1 Å². The first-order chi connectivity index (χ1) is 22.1. The predicted molar refractivity (Wildman–Crippen MR) is 179 cm³/mol. The number of para-hydroxylation sites is 1. The van der Waals surface area contributed by atoms with Gasteiger partial charge in [-0.2, -0.15) is 5.10 Å². The lowest BCUT2D eigenvalue weighted by molar-refractivity contribution is -0.135. The first-order valence-electron chi connectivity index (χ1n) is 16.2. The summed E-state index contributed by atoms with van der Waals surface area (Å²) in [6, 6.07) is 17.1. The van der Waals surface area contributed by atoms with Crippen LogP contribution in [0.5, 0.6) is 5.75 Å². The molecule has 0 aliphatic carbocycles. The molecule has 1 atom stereocenters. The zero-order chi connectivity index (χ0) is 32.7. The number of amides is 3. The van der Waals surface area contributed by atoms with Gasteiger partial charge in [-0.25, -0.2) is 0 Å². The number of fused-ring (bicyclic) bond motifs is 1. The molecule has 0 saturated carbocycles. The number of allylic oxidation sites excluding steroid dienone is 1. The molecule has 0 bridgehead atoms. The summed E-state index contributed by atoms with van der Waals surface area (Å²) in [5.41, 5.74) is 3.45. The maximum atomic E-state index is 14.0. The van der Waals surface area contributed by atoms with Crippen molar-refractivity contribution in [1.82, 2.24) is 25.3 Å². The Bertz CT molecular complexity index is 1560. The molecule has 10 heteroatoms. The molecule has 1 aromatic heterocycles. The van der Waals surface area contributed by atoms with E-state index in [4.69, 9.17) is 4.74 Å². The highest BCUT2D eigenvalue weighted by molar-refractivity contribution is 5.97. The Hall–Kier alpha value is -4.44. The van der Waals surface area contributed by atoms with Gasteiger partial charge < -0.3 is 20.7 Å². The van der Waals surface area contributed by atoms with E-state index in [2.05, 4.69) is 51.9 Å². The van der Waals surface area contributed by atoms with E-state index in [0.717, 1.165) is 22.6 Å². The van der Waals surface area contributed by atoms with Crippen LogP contribution in [0.1, 0.15) is 60.4 Å². The van der Waals surface area contributed by atoms with Gasteiger partial charge in [0.1, 0.15) is 12.4 Å². The van der Waals surface area contributed by atoms with Gasteiger partial charge in [0.05, 0.1) is 47.2 Å². The molecule has 3 aromatic rings. The molecule has 244 valence electrons. The summed E-state index contributed by atoms with van der Waals surface area (Å²) in [4.78, 5) is 42.1. The number of rotatable bonds is 6. The smallest absolute Gasteiger partial charge is 0.255 e.